The largest absolute Gasteiger partial charge is 0.469 e. The third kappa shape index (κ3) is 3.12. The van der Waals surface area contributed by atoms with Gasteiger partial charge in [-0.1, -0.05) is 6.92 Å². The van der Waals surface area contributed by atoms with E-state index in [9.17, 15) is 4.79 Å². The average Bonchev–Trinajstić information content (AvgIpc) is 2.58. The minimum absolute atomic E-state index is 0.0984. The monoisotopic (exact) mass is 224 g/mol. The average molecular weight is 224 g/mol. The molecule has 0 aliphatic carbocycles. The number of hydrogen-bond donors (Lipinski definition) is 0. The van der Waals surface area contributed by atoms with Gasteiger partial charge in [0.05, 0.1) is 11.7 Å². The van der Waals surface area contributed by atoms with Crippen molar-refractivity contribution in [1.29, 1.82) is 0 Å². The lowest BCUT2D eigenvalue weighted by atomic mass is 9.97. The highest BCUT2D eigenvalue weighted by Gasteiger charge is 2.24. The van der Waals surface area contributed by atoms with Crippen LogP contribution in [0.1, 0.15) is 44.9 Å². The van der Waals surface area contributed by atoms with E-state index in [1.807, 2.05) is 40.7 Å². The first-order valence-corrected chi connectivity index (χ1v) is 5.53. The summed E-state index contributed by atoms with van der Waals surface area (Å²) < 4.78 is 10.6. The summed E-state index contributed by atoms with van der Waals surface area (Å²) in [5.41, 5.74) is 0.650. The van der Waals surface area contributed by atoms with Crippen molar-refractivity contribution in [3.8, 4) is 0 Å². The van der Waals surface area contributed by atoms with Crippen LogP contribution >= 0.6 is 0 Å². The fourth-order valence-electron chi connectivity index (χ4n) is 1.38. The molecule has 0 fully saturated rings. The maximum atomic E-state index is 11.6. The first-order chi connectivity index (χ1) is 7.32. The van der Waals surface area contributed by atoms with Crippen molar-refractivity contribution < 1.29 is 13.9 Å². The minimum atomic E-state index is -0.446. The molecule has 0 saturated carbocycles. The Morgan fingerprint density at radius 3 is 2.56 bits per heavy atom. The van der Waals surface area contributed by atoms with Gasteiger partial charge in [0.25, 0.3) is 0 Å². The van der Waals surface area contributed by atoms with Gasteiger partial charge in [-0.05, 0) is 39.3 Å². The lowest BCUT2D eigenvalue weighted by Gasteiger charge is -2.18. The SMILES string of the molecule is Cc1ccoc1[C@@H](C)COC(=O)C(C)(C)C. The lowest BCUT2D eigenvalue weighted by molar-refractivity contribution is -0.153. The summed E-state index contributed by atoms with van der Waals surface area (Å²) in [6, 6.07) is 1.91. The van der Waals surface area contributed by atoms with E-state index in [0.717, 1.165) is 11.3 Å². The van der Waals surface area contributed by atoms with Crippen LogP contribution in [0.5, 0.6) is 0 Å². The number of hydrogen-bond acceptors (Lipinski definition) is 3. The van der Waals surface area contributed by atoms with Gasteiger partial charge < -0.3 is 9.15 Å². The Kier molecular flexibility index (Phi) is 3.79. The molecule has 0 aromatic carbocycles. The van der Waals surface area contributed by atoms with Gasteiger partial charge in [-0.15, -0.1) is 0 Å². The Labute approximate surface area is 96.8 Å². The van der Waals surface area contributed by atoms with E-state index < -0.39 is 5.41 Å². The third-order valence-corrected chi connectivity index (χ3v) is 2.43. The second-order valence-corrected chi connectivity index (χ2v) is 5.22. The summed E-state index contributed by atoms with van der Waals surface area (Å²) >= 11 is 0. The normalized spacial score (nSPS) is 13.6. The van der Waals surface area contributed by atoms with Gasteiger partial charge in [0.2, 0.25) is 0 Å². The number of aryl methyl sites for hydroxylation is 1. The maximum Gasteiger partial charge on any atom is 0.311 e. The number of carbonyl (C=O) groups is 1. The van der Waals surface area contributed by atoms with Crippen LogP contribution in [0.4, 0.5) is 0 Å². The molecule has 90 valence electrons. The van der Waals surface area contributed by atoms with Gasteiger partial charge in [0, 0.05) is 5.92 Å². The maximum absolute atomic E-state index is 11.6. The van der Waals surface area contributed by atoms with Crippen LogP contribution in [0.15, 0.2) is 16.7 Å². The second-order valence-electron chi connectivity index (χ2n) is 5.22. The number of ether oxygens (including phenoxy) is 1. The predicted octanol–water partition coefficient (Wildman–Crippen LogP) is 3.28. The molecule has 0 N–H and O–H groups in total. The van der Waals surface area contributed by atoms with E-state index in [1.165, 1.54) is 0 Å². The molecule has 0 amide bonds. The Bertz CT molecular complexity index is 357. The van der Waals surface area contributed by atoms with Crippen molar-refractivity contribution in [2.75, 3.05) is 6.61 Å². The van der Waals surface area contributed by atoms with Crippen molar-refractivity contribution in [2.45, 2.75) is 40.5 Å². The fraction of sp³-hybridized carbons (Fsp3) is 0.615. The van der Waals surface area contributed by atoms with Gasteiger partial charge in [0.15, 0.2) is 0 Å². The molecule has 1 atom stereocenters. The minimum Gasteiger partial charge on any atom is -0.469 e. The molecular weight excluding hydrogens is 204 g/mol. The van der Waals surface area contributed by atoms with Gasteiger partial charge in [-0.2, -0.15) is 0 Å². The number of furan rings is 1. The van der Waals surface area contributed by atoms with Crippen molar-refractivity contribution in [1.82, 2.24) is 0 Å². The number of rotatable bonds is 3. The highest BCUT2D eigenvalue weighted by atomic mass is 16.5. The van der Waals surface area contributed by atoms with Gasteiger partial charge >= 0.3 is 5.97 Å². The second kappa shape index (κ2) is 4.73. The summed E-state index contributed by atoms with van der Waals surface area (Å²) in [6.07, 6.45) is 1.66. The summed E-state index contributed by atoms with van der Waals surface area (Å²) in [7, 11) is 0. The molecule has 0 aliphatic heterocycles. The molecule has 3 nitrogen and oxygen atoms in total. The van der Waals surface area contributed by atoms with Crippen LogP contribution in [0, 0.1) is 12.3 Å². The van der Waals surface area contributed by atoms with Crippen molar-refractivity contribution in [3.05, 3.63) is 23.7 Å². The van der Waals surface area contributed by atoms with Crippen LogP contribution in [0.3, 0.4) is 0 Å². The summed E-state index contributed by atoms with van der Waals surface area (Å²) in [5, 5.41) is 0. The van der Waals surface area contributed by atoms with Crippen LogP contribution in [-0.2, 0) is 9.53 Å². The Morgan fingerprint density at radius 1 is 1.50 bits per heavy atom. The van der Waals surface area contributed by atoms with E-state index >= 15 is 0 Å². The molecule has 16 heavy (non-hydrogen) atoms. The predicted molar refractivity (Wildman–Crippen MR) is 62.3 cm³/mol. The molecule has 0 saturated heterocycles. The summed E-state index contributed by atoms with van der Waals surface area (Å²) in [4.78, 5) is 11.6. The van der Waals surface area contributed by atoms with E-state index in [-0.39, 0.29) is 11.9 Å². The molecule has 0 radical (unpaired) electrons. The molecular formula is C13H20O3. The highest BCUT2D eigenvalue weighted by molar-refractivity contribution is 5.75. The highest BCUT2D eigenvalue weighted by Crippen LogP contribution is 2.22. The standard InChI is InChI=1S/C13H20O3/c1-9-6-7-15-11(9)10(2)8-16-12(14)13(3,4)5/h6-7,10H,8H2,1-5H3/t10-/m0/s1. The fourth-order valence-corrected chi connectivity index (χ4v) is 1.38. The first kappa shape index (κ1) is 12.8. The molecule has 1 heterocycles. The molecule has 1 rings (SSSR count). The topological polar surface area (TPSA) is 39.4 Å². The zero-order chi connectivity index (χ0) is 12.3. The van der Waals surface area contributed by atoms with Crippen LogP contribution in [0.25, 0.3) is 0 Å². The smallest absolute Gasteiger partial charge is 0.311 e. The van der Waals surface area contributed by atoms with E-state index in [2.05, 4.69) is 0 Å². The first-order valence-electron chi connectivity index (χ1n) is 5.53. The Morgan fingerprint density at radius 2 is 2.12 bits per heavy atom. The molecule has 1 aromatic heterocycles. The van der Waals surface area contributed by atoms with E-state index in [1.54, 1.807) is 6.26 Å². The van der Waals surface area contributed by atoms with E-state index in [4.69, 9.17) is 9.15 Å². The molecule has 0 aliphatic rings. The van der Waals surface area contributed by atoms with Crippen LogP contribution in [-0.4, -0.2) is 12.6 Å². The quantitative estimate of drug-likeness (QED) is 0.740. The zero-order valence-corrected chi connectivity index (χ0v) is 10.7. The summed E-state index contributed by atoms with van der Waals surface area (Å²) in [6.45, 7) is 9.88. The number of esters is 1. The zero-order valence-electron chi connectivity index (χ0n) is 10.7. The molecule has 1 aromatic rings. The van der Waals surface area contributed by atoms with E-state index in [0.29, 0.717) is 6.61 Å². The molecule has 3 heteroatoms. The van der Waals surface area contributed by atoms with Crippen molar-refractivity contribution >= 4 is 5.97 Å². The van der Waals surface area contributed by atoms with Crippen molar-refractivity contribution in [2.24, 2.45) is 5.41 Å². The van der Waals surface area contributed by atoms with Crippen LogP contribution in [0.2, 0.25) is 0 Å². The number of carbonyl (C=O) groups excluding carboxylic acids is 1. The lowest BCUT2D eigenvalue weighted by Crippen LogP contribution is -2.24. The molecule has 0 spiro atoms. The molecule has 0 bridgehead atoms. The van der Waals surface area contributed by atoms with Gasteiger partial charge in [0.1, 0.15) is 12.4 Å². The van der Waals surface area contributed by atoms with Crippen molar-refractivity contribution in [3.63, 3.8) is 0 Å². The van der Waals surface area contributed by atoms with Gasteiger partial charge in [-0.3, -0.25) is 4.79 Å². The Balaban J connectivity index is 2.51. The van der Waals surface area contributed by atoms with Gasteiger partial charge in [-0.25, -0.2) is 0 Å². The summed E-state index contributed by atoms with van der Waals surface area (Å²) in [5.74, 6) is 0.812. The van der Waals surface area contributed by atoms with Crippen LogP contribution < -0.4 is 0 Å². The Hall–Kier alpha value is -1.25. The molecule has 0 unspecified atom stereocenters. The third-order valence-electron chi connectivity index (χ3n) is 2.43.